The average molecular weight is 400 g/mol. The van der Waals surface area contributed by atoms with E-state index in [1.54, 1.807) is 23.5 Å². The van der Waals surface area contributed by atoms with Crippen LogP contribution in [-0.2, 0) is 20.7 Å². The third kappa shape index (κ3) is 5.40. The minimum atomic E-state index is -4.51. The predicted molar refractivity (Wildman–Crippen MR) is 92.1 cm³/mol. The van der Waals surface area contributed by atoms with Gasteiger partial charge in [-0.05, 0) is 19.3 Å². The lowest BCUT2D eigenvalue weighted by Gasteiger charge is -2.47. The van der Waals surface area contributed by atoms with Gasteiger partial charge in [-0.15, -0.1) is 0 Å². The number of aromatic nitrogens is 2. The summed E-state index contributed by atoms with van der Waals surface area (Å²) in [6.45, 7) is 1.44. The molecule has 0 bridgehead atoms. The smallest absolute Gasteiger partial charge is 0.371 e. The zero-order valence-corrected chi connectivity index (χ0v) is 15.5. The maximum absolute atomic E-state index is 12.5. The van der Waals surface area contributed by atoms with Gasteiger partial charge in [0, 0.05) is 51.2 Å². The molecular weight excluding hydrogens is 377 g/mol. The van der Waals surface area contributed by atoms with E-state index in [0.29, 0.717) is 38.8 Å². The first-order chi connectivity index (χ1) is 13.3. The molecule has 1 spiro atoms. The Hall–Kier alpha value is -2.23. The molecule has 28 heavy (non-hydrogen) atoms. The number of carbonyl (C=O) groups is 2. The molecule has 2 aliphatic rings. The monoisotopic (exact) mass is 400 g/mol. The van der Waals surface area contributed by atoms with E-state index in [-0.39, 0.29) is 25.6 Å². The summed E-state index contributed by atoms with van der Waals surface area (Å²) in [5, 5.41) is 0. The molecule has 0 N–H and O–H groups in total. The molecule has 2 saturated heterocycles. The summed E-state index contributed by atoms with van der Waals surface area (Å²) in [5.41, 5.74) is 0.0834. The first-order valence-corrected chi connectivity index (χ1v) is 9.28. The van der Waals surface area contributed by atoms with E-state index in [0.717, 1.165) is 5.69 Å². The highest BCUT2D eigenvalue weighted by atomic mass is 19.4. The molecule has 0 aliphatic carbocycles. The zero-order valence-electron chi connectivity index (χ0n) is 15.5. The molecule has 1 aromatic heterocycles. The van der Waals surface area contributed by atoms with Crippen LogP contribution < -0.4 is 0 Å². The van der Waals surface area contributed by atoms with E-state index in [9.17, 15) is 22.8 Å². The number of alkyl halides is 3. The number of rotatable bonds is 4. The van der Waals surface area contributed by atoms with Gasteiger partial charge in [0.2, 0.25) is 11.8 Å². The predicted octanol–water partition coefficient (Wildman–Crippen LogP) is 1.58. The highest BCUT2D eigenvalue weighted by molar-refractivity contribution is 5.77. The van der Waals surface area contributed by atoms with Crippen LogP contribution in [0.25, 0.3) is 0 Å². The first-order valence-electron chi connectivity index (χ1n) is 9.28. The number of aryl methyl sites for hydroxylation is 1. The van der Waals surface area contributed by atoms with Gasteiger partial charge < -0.3 is 14.5 Å². The summed E-state index contributed by atoms with van der Waals surface area (Å²) >= 11 is 0. The highest BCUT2D eigenvalue weighted by Crippen LogP contribution is 2.31. The lowest BCUT2D eigenvalue weighted by molar-refractivity contribution is -0.178. The van der Waals surface area contributed by atoms with E-state index < -0.39 is 24.1 Å². The van der Waals surface area contributed by atoms with Gasteiger partial charge in [0.1, 0.15) is 6.42 Å². The molecule has 3 heterocycles. The molecule has 0 unspecified atom stereocenters. The number of piperidine rings is 1. The molecule has 0 radical (unpaired) electrons. The standard InChI is InChI=1S/C18H23F3N4O3/c19-18(20,21)11-16(27)25-9-10-28-17(13-25)3-7-24(8-4-17)15(26)2-1-14-12-22-5-6-23-14/h5-6,12H,1-4,7-11,13H2. The summed E-state index contributed by atoms with van der Waals surface area (Å²) in [4.78, 5) is 35.4. The van der Waals surface area contributed by atoms with Crippen molar-refractivity contribution < 1.29 is 27.5 Å². The third-order valence-electron chi connectivity index (χ3n) is 5.19. The minimum Gasteiger partial charge on any atom is -0.371 e. The van der Waals surface area contributed by atoms with E-state index in [4.69, 9.17) is 4.74 Å². The molecule has 10 heteroatoms. The van der Waals surface area contributed by atoms with Crippen molar-refractivity contribution in [1.82, 2.24) is 19.8 Å². The van der Waals surface area contributed by atoms with Gasteiger partial charge in [-0.2, -0.15) is 13.2 Å². The van der Waals surface area contributed by atoms with Crippen LogP contribution in [0.5, 0.6) is 0 Å². The molecule has 1 aromatic rings. The molecule has 0 saturated carbocycles. The maximum atomic E-state index is 12.5. The van der Waals surface area contributed by atoms with Gasteiger partial charge in [-0.3, -0.25) is 19.6 Å². The summed E-state index contributed by atoms with van der Waals surface area (Å²) in [6, 6.07) is 0. The number of likely N-dealkylation sites (tertiary alicyclic amines) is 1. The van der Waals surface area contributed by atoms with Crippen molar-refractivity contribution in [2.75, 3.05) is 32.8 Å². The molecule has 7 nitrogen and oxygen atoms in total. The Bertz CT molecular complexity index is 691. The molecular formula is C18H23F3N4O3. The average Bonchev–Trinajstić information content (AvgIpc) is 2.66. The molecule has 3 rings (SSSR count). The van der Waals surface area contributed by atoms with Crippen molar-refractivity contribution in [2.24, 2.45) is 0 Å². The normalized spacial score (nSPS) is 19.7. The number of hydrogen-bond donors (Lipinski definition) is 0. The number of ether oxygens (including phenoxy) is 1. The van der Waals surface area contributed by atoms with Crippen LogP contribution in [0.4, 0.5) is 13.2 Å². The summed E-state index contributed by atoms with van der Waals surface area (Å²) in [7, 11) is 0. The molecule has 2 fully saturated rings. The summed E-state index contributed by atoms with van der Waals surface area (Å²) in [6.07, 6.45) is 0.643. The van der Waals surface area contributed by atoms with Crippen molar-refractivity contribution in [1.29, 1.82) is 0 Å². The fourth-order valence-corrected chi connectivity index (χ4v) is 3.66. The van der Waals surface area contributed by atoms with Crippen LogP contribution in [0.2, 0.25) is 0 Å². The number of hydrogen-bond acceptors (Lipinski definition) is 5. The van der Waals surface area contributed by atoms with Crippen LogP contribution in [0.15, 0.2) is 18.6 Å². The van der Waals surface area contributed by atoms with Crippen molar-refractivity contribution >= 4 is 11.8 Å². The van der Waals surface area contributed by atoms with Crippen LogP contribution in [0, 0.1) is 0 Å². The highest BCUT2D eigenvalue weighted by Gasteiger charge is 2.43. The number of morpholine rings is 1. The van der Waals surface area contributed by atoms with Gasteiger partial charge in [0.15, 0.2) is 0 Å². The Balaban J connectivity index is 1.49. The van der Waals surface area contributed by atoms with Crippen molar-refractivity contribution in [3.05, 3.63) is 24.3 Å². The molecule has 0 aromatic carbocycles. The van der Waals surface area contributed by atoms with Crippen LogP contribution in [0.3, 0.4) is 0 Å². The Labute approximate surface area is 160 Å². The fraction of sp³-hybridized carbons (Fsp3) is 0.667. The van der Waals surface area contributed by atoms with Gasteiger partial charge in [0.05, 0.1) is 17.9 Å². The maximum Gasteiger partial charge on any atom is 0.397 e. The Kier molecular flexibility index (Phi) is 6.17. The largest absolute Gasteiger partial charge is 0.397 e. The minimum absolute atomic E-state index is 0.00122. The van der Waals surface area contributed by atoms with Crippen molar-refractivity contribution in [3.8, 4) is 0 Å². The van der Waals surface area contributed by atoms with Gasteiger partial charge in [-0.1, -0.05) is 0 Å². The number of carbonyl (C=O) groups excluding carboxylic acids is 2. The second kappa shape index (κ2) is 8.42. The van der Waals surface area contributed by atoms with Crippen molar-refractivity contribution in [3.63, 3.8) is 0 Å². The summed E-state index contributed by atoms with van der Waals surface area (Å²) < 4.78 is 43.3. The lowest BCUT2D eigenvalue weighted by atomic mass is 9.89. The van der Waals surface area contributed by atoms with E-state index in [1.807, 2.05) is 0 Å². The third-order valence-corrected chi connectivity index (χ3v) is 5.19. The van der Waals surface area contributed by atoms with E-state index in [1.165, 1.54) is 4.90 Å². The zero-order chi connectivity index (χ0) is 20.2. The second-order valence-corrected chi connectivity index (χ2v) is 7.22. The van der Waals surface area contributed by atoms with E-state index in [2.05, 4.69) is 9.97 Å². The van der Waals surface area contributed by atoms with Crippen LogP contribution in [0.1, 0.15) is 31.4 Å². The second-order valence-electron chi connectivity index (χ2n) is 7.22. The number of nitrogens with zero attached hydrogens (tertiary/aromatic N) is 4. The number of amides is 2. The molecule has 2 amide bonds. The molecule has 2 aliphatic heterocycles. The summed E-state index contributed by atoms with van der Waals surface area (Å²) in [5.74, 6) is -0.918. The molecule has 154 valence electrons. The van der Waals surface area contributed by atoms with Gasteiger partial charge in [0.25, 0.3) is 0 Å². The van der Waals surface area contributed by atoms with Crippen molar-refractivity contribution in [2.45, 2.75) is 43.9 Å². The topological polar surface area (TPSA) is 75.6 Å². The van der Waals surface area contributed by atoms with Crippen LogP contribution >= 0.6 is 0 Å². The molecule has 0 atom stereocenters. The SMILES string of the molecule is O=C(CCc1cnccn1)N1CCC2(CC1)CN(C(=O)CC(F)(F)F)CCO2. The number of halogens is 3. The van der Waals surface area contributed by atoms with E-state index >= 15 is 0 Å². The Morgan fingerprint density at radius 3 is 2.50 bits per heavy atom. The first kappa shape index (κ1) is 20.5. The van der Waals surface area contributed by atoms with Crippen LogP contribution in [-0.4, -0.2) is 76.1 Å². The fourth-order valence-electron chi connectivity index (χ4n) is 3.66. The Morgan fingerprint density at radius 2 is 1.86 bits per heavy atom. The quantitative estimate of drug-likeness (QED) is 0.767. The lowest BCUT2D eigenvalue weighted by Crippen LogP contribution is -2.58. The van der Waals surface area contributed by atoms with Gasteiger partial charge in [-0.25, -0.2) is 0 Å². The van der Waals surface area contributed by atoms with Gasteiger partial charge >= 0.3 is 6.18 Å². The Morgan fingerprint density at radius 1 is 1.11 bits per heavy atom.